The summed E-state index contributed by atoms with van der Waals surface area (Å²) >= 11 is 5.93. The van der Waals surface area contributed by atoms with Crippen molar-refractivity contribution in [1.82, 2.24) is 0 Å². The van der Waals surface area contributed by atoms with Gasteiger partial charge in [0.25, 0.3) is 0 Å². The van der Waals surface area contributed by atoms with Gasteiger partial charge in [-0.05, 0) is 31.5 Å². The van der Waals surface area contributed by atoms with Crippen LogP contribution in [-0.4, -0.2) is 6.04 Å². The second-order valence-corrected chi connectivity index (χ2v) is 3.39. The predicted octanol–water partition coefficient (Wildman–Crippen LogP) is 2.97. The average Bonchev–Trinajstić information content (AvgIpc) is 2.11. The van der Waals surface area contributed by atoms with Gasteiger partial charge in [0.15, 0.2) is 0 Å². The molecule has 2 nitrogen and oxygen atoms in total. The molecule has 0 bridgehead atoms. The number of nitriles is 1. The van der Waals surface area contributed by atoms with Gasteiger partial charge >= 0.3 is 0 Å². The lowest BCUT2D eigenvalue weighted by Gasteiger charge is -2.10. The van der Waals surface area contributed by atoms with Crippen LogP contribution < -0.4 is 5.32 Å². The quantitative estimate of drug-likeness (QED) is 0.786. The summed E-state index contributed by atoms with van der Waals surface area (Å²) in [5.41, 5.74) is 1.94. The van der Waals surface area contributed by atoms with Crippen LogP contribution in [0, 0.1) is 18.3 Å². The first-order valence-corrected chi connectivity index (χ1v) is 4.43. The Bertz CT molecular complexity index is 341. The first-order chi connectivity index (χ1) is 6.13. The van der Waals surface area contributed by atoms with Gasteiger partial charge in [-0.15, -0.1) is 0 Å². The zero-order chi connectivity index (χ0) is 9.84. The van der Waals surface area contributed by atoms with Gasteiger partial charge in [-0.1, -0.05) is 17.7 Å². The Morgan fingerprint density at radius 2 is 2.23 bits per heavy atom. The van der Waals surface area contributed by atoms with Gasteiger partial charge in [-0.25, -0.2) is 0 Å². The summed E-state index contributed by atoms with van der Waals surface area (Å²) in [6, 6.07) is 7.55. The Morgan fingerprint density at radius 3 is 2.85 bits per heavy atom. The maximum Gasteiger partial charge on any atom is 0.111 e. The number of halogens is 1. The van der Waals surface area contributed by atoms with Crippen molar-refractivity contribution in [2.75, 3.05) is 5.32 Å². The fourth-order valence-electron chi connectivity index (χ4n) is 1.02. The molecule has 68 valence electrons. The highest BCUT2D eigenvalue weighted by Gasteiger charge is 2.03. The number of anilines is 1. The summed E-state index contributed by atoms with van der Waals surface area (Å²) in [6.45, 7) is 3.78. The molecule has 0 amide bonds. The lowest BCUT2D eigenvalue weighted by molar-refractivity contribution is 1.01. The molecule has 0 saturated heterocycles. The Kier molecular flexibility index (Phi) is 3.16. The van der Waals surface area contributed by atoms with Crippen molar-refractivity contribution in [3.8, 4) is 6.07 Å². The number of hydrogen-bond acceptors (Lipinski definition) is 2. The van der Waals surface area contributed by atoms with Gasteiger partial charge in [0, 0.05) is 0 Å². The van der Waals surface area contributed by atoms with Crippen LogP contribution in [-0.2, 0) is 0 Å². The molecule has 1 atom stereocenters. The van der Waals surface area contributed by atoms with Gasteiger partial charge in [0.1, 0.15) is 6.04 Å². The van der Waals surface area contributed by atoms with E-state index in [2.05, 4.69) is 11.4 Å². The highest BCUT2D eigenvalue weighted by molar-refractivity contribution is 6.33. The number of aryl methyl sites for hydroxylation is 1. The largest absolute Gasteiger partial charge is 0.369 e. The van der Waals surface area contributed by atoms with Gasteiger partial charge in [-0.3, -0.25) is 0 Å². The highest BCUT2D eigenvalue weighted by Crippen LogP contribution is 2.23. The molecule has 1 aromatic rings. The SMILES string of the molecule is Cc1ccc(Cl)c(NC(C)C#N)c1. The van der Waals surface area contributed by atoms with Crippen LogP contribution in [0.3, 0.4) is 0 Å². The van der Waals surface area contributed by atoms with Crippen LogP contribution in [0.15, 0.2) is 18.2 Å². The molecule has 0 spiro atoms. The van der Waals surface area contributed by atoms with Crippen LogP contribution in [0.5, 0.6) is 0 Å². The Balaban J connectivity index is 2.88. The summed E-state index contributed by atoms with van der Waals surface area (Å²) in [5, 5.41) is 12.3. The number of nitrogens with zero attached hydrogens (tertiary/aromatic N) is 1. The third kappa shape index (κ3) is 2.64. The van der Waals surface area contributed by atoms with Crippen molar-refractivity contribution >= 4 is 17.3 Å². The number of hydrogen-bond donors (Lipinski definition) is 1. The molecule has 0 fully saturated rings. The summed E-state index contributed by atoms with van der Waals surface area (Å²) in [6.07, 6.45) is 0. The molecule has 0 aliphatic rings. The maximum absolute atomic E-state index is 8.60. The summed E-state index contributed by atoms with van der Waals surface area (Å²) in [7, 11) is 0. The lowest BCUT2D eigenvalue weighted by Crippen LogP contribution is -2.12. The predicted molar refractivity (Wildman–Crippen MR) is 54.9 cm³/mol. The minimum absolute atomic E-state index is 0.223. The average molecular weight is 195 g/mol. The maximum atomic E-state index is 8.60. The Labute approximate surface area is 83.1 Å². The molecule has 0 aliphatic heterocycles. The first kappa shape index (κ1) is 9.88. The molecule has 0 heterocycles. The van der Waals surface area contributed by atoms with E-state index in [0.29, 0.717) is 5.02 Å². The number of nitrogens with one attached hydrogen (secondary N) is 1. The molecule has 1 unspecified atom stereocenters. The Morgan fingerprint density at radius 1 is 1.54 bits per heavy atom. The van der Waals surface area contributed by atoms with Gasteiger partial charge < -0.3 is 5.32 Å². The zero-order valence-corrected chi connectivity index (χ0v) is 8.39. The minimum atomic E-state index is -0.223. The van der Waals surface area contributed by atoms with Crippen LogP contribution in [0.2, 0.25) is 5.02 Å². The van der Waals surface area contributed by atoms with Gasteiger partial charge in [0.05, 0.1) is 16.8 Å². The fourth-order valence-corrected chi connectivity index (χ4v) is 1.19. The standard InChI is InChI=1S/C10H11ClN2/c1-7-3-4-9(11)10(5-7)13-8(2)6-12/h3-5,8,13H,1-2H3. The van der Waals surface area contributed by atoms with E-state index in [1.807, 2.05) is 25.1 Å². The second kappa shape index (κ2) is 4.15. The monoisotopic (exact) mass is 194 g/mol. The second-order valence-electron chi connectivity index (χ2n) is 2.98. The minimum Gasteiger partial charge on any atom is -0.369 e. The normalized spacial score (nSPS) is 11.8. The first-order valence-electron chi connectivity index (χ1n) is 4.06. The van der Waals surface area contributed by atoms with E-state index >= 15 is 0 Å². The van der Waals surface area contributed by atoms with E-state index in [4.69, 9.17) is 16.9 Å². The van der Waals surface area contributed by atoms with Crippen LogP contribution >= 0.6 is 11.6 Å². The smallest absolute Gasteiger partial charge is 0.111 e. The van der Waals surface area contributed by atoms with E-state index in [0.717, 1.165) is 11.3 Å². The van der Waals surface area contributed by atoms with Crippen molar-refractivity contribution in [1.29, 1.82) is 5.26 Å². The molecular formula is C10H11ClN2. The lowest BCUT2D eigenvalue weighted by atomic mass is 10.2. The third-order valence-corrected chi connectivity index (χ3v) is 2.02. The molecule has 0 aliphatic carbocycles. The molecular weight excluding hydrogens is 184 g/mol. The molecule has 1 aromatic carbocycles. The topological polar surface area (TPSA) is 35.8 Å². The van der Waals surface area contributed by atoms with Crippen molar-refractivity contribution in [3.05, 3.63) is 28.8 Å². The Hall–Kier alpha value is -1.20. The van der Waals surface area contributed by atoms with E-state index in [1.165, 1.54) is 0 Å². The van der Waals surface area contributed by atoms with E-state index in [9.17, 15) is 0 Å². The molecule has 3 heteroatoms. The van der Waals surface area contributed by atoms with Crippen LogP contribution in [0.1, 0.15) is 12.5 Å². The van der Waals surface area contributed by atoms with Crippen LogP contribution in [0.4, 0.5) is 5.69 Å². The summed E-state index contributed by atoms with van der Waals surface area (Å²) in [4.78, 5) is 0. The summed E-state index contributed by atoms with van der Waals surface area (Å²) < 4.78 is 0. The van der Waals surface area contributed by atoms with Crippen molar-refractivity contribution in [2.24, 2.45) is 0 Å². The molecule has 0 saturated carbocycles. The fraction of sp³-hybridized carbons (Fsp3) is 0.300. The molecule has 0 aromatic heterocycles. The van der Waals surface area contributed by atoms with Gasteiger partial charge in [-0.2, -0.15) is 5.26 Å². The number of benzene rings is 1. The highest BCUT2D eigenvalue weighted by atomic mass is 35.5. The van der Waals surface area contributed by atoms with E-state index in [1.54, 1.807) is 6.92 Å². The zero-order valence-electron chi connectivity index (χ0n) is 7.63. The molecule has 0 radical (unpaired) electrons. The third-order valence-electron chi connectivity index (χ3n) is 1.69. The molecule has 1 rings (SSSR count). The number of rotatable bonds is 2. The molecule has 13 heavy (non-hydrogen) atoms. The summed E-state index contributed by atoms with van der Waals surface area (Å²) in [5.74, 6) is 0. The van der Waals surface area contributed by atoms with Crippen molar-refractivity contribution in [2.45, 2.75) is 19.9 Å². The molecule has 1 N–H and O–H groups in total. The van der Waals surface area contributed by atoms with Crippen LogP contribution in [0.25, 0.3) is 0 Å². The van der Waals surface area contributed by atoms with Gasteiger partial charge in [0.2, 0.25) is 0 Å². The van der Waals surface area contributed by atoms with Crippen molar-refractivity contribution in [3.63, 3.8) is 0 Å². The van der Waals surface area contributed by atoms with E-state index in [-0.39, 0.29) is 6.04 Å². The van der Waals surface area contributed by atoms with E-state index < -0.39 is 0 Å². The van der Waals surface area contributed by atoms with Crippen molar-refractivity contribution < 1.29 is 0 Å².